The summed E-state index contributed by atoms with van der Waals surface area (Å²) < 4.78 is 164. The van der Waals surface area contributed by atoms with Crippen molar-refractivity contribution in [1.82, 2.24) is 29.7 Å². The second kappa shape index (κ2) is 29.1. The van der Waals surface area contributed by atoms with Crippen molar-refractivity contribution in [2.24, 2.45) is 11.8 Å². The lowest BCUT2D eigenvalue weighted by Gasteiger charge is -2.33. The molecule has 452 valence electrons. The average molecular weight is 1320 g/mol. The molecule has 0 spiro atoms. The second-order valence-corrected chi connectivity index (χ2v) is 24.3. The zero-order valence-corrected chi connectivity index (χ0v) is 50.2. The van der Waals surface area contributed by atoms with E-state index in [-0.39, 0.29) is 103 Å². The molecule has 24 heteroatoms. The first-order chi connectivity index (χ1) is 43.0. The van der Waals surface area contributed by atoms with Crippen LogP contribution in [-0.4, -0.2) is 120 Å². The van der Waals surface area contributed by atoms with Crippen molar-refractivity contribution in [3.05, 3.63) is 124 Å². The highest BCUT2D eigenvalue weighted by atomic mass is 79.9. The van der Waals surface area contributed by atoms with Crippen molar-refractivity contribution in [1.29, 1.82) is 0 Å². The van der Waals surface area contributed by atoms with E-state index in [4.69, 9.17) is 41.6 Å². The number of amides is 2. The number of phenols is 1. The number of carbonyl (C=O) groups is 2. The van der Waals surface area contributed by atoms with Gasteiger partial charge in [-0.25, -0.2) is 38.3 Å². The summed E-state index contributed by atoms with van der Waals surface area (Å²) in [6.45, 7) is 9.00. The van der Waals surface area contributed by atoms with Gasteiger partial charge in [0.15, 0.2) is 23.0 Å². The van der Waals surface area contributed by atoms with E-state index in [9.17, 15) is 31.9 Å². The number of carbonyl (C=O) groups excluding carboxylic acids is 2. The van der Waals surface area contributed by atoms with Gasteiger partial charge in [0.1, 0.15) is 47.1 Å². The highest BCUT2D eigenvalue weighted by Gasteiger charge is 2.30. The van der Waals surface area contributed by atoms with Gasteiger partial charge in [-0.3, -0.25) is 4.18 Å². The fourth-order valence-corrected chi connectivity index (χ4v) is 9.55. The fourth-order valence-electron chi connectivity index (χ4n) is 8.06. The van der Waals surface area contributed by atoms with Crippen LogP contribution >= 0.6 is 31.9 Å². The van der Waals surface area contributed by atoms with Crippen LogP contribution in [0.4, 0.5) is 41.4 Å². The largest absolute Gasteiger partial charge is 0.504 e. The van der Waals surface area contributed by atoms with Crippen molar-refractivity contribution >= 4 is 99.0 Å². The normalized spacial score (nSPS) is 16.4. The molecule has 0 saturated carbocycles. The molecule has 84 heavy (non-hydrogen) atoms. The molecule has 2 saturated heterocycles. The predicted octanol–water partition coefficient (Wildman–Crippen LogP) is 14.3. The maximum absolute atomic E-state index is 14.5. The smallest absolute Gasteiger partial charge is 0.410 e. The molecule has 4 heterocycles. The van der Waals surface area contributed by atoms with E-state index in [1.54, 1.807) is 65.8 Å². The first-order valence-electron chi connectivity index (χ1n) is 30.8. The molecular weight excluding hydrogens is 1240 g/mol. The summed E-state index contributed by atoms with van der Waals surface area (Å²) in [5, 5.41) is 16.3. The minimum atomic E-state index is -4.22. The minimum absolute atomic E-state index is 0. The highest BCUT2D eigenvalue weighted by molar-refractivity contribution is 9.10. The van der Waals surface area contributed by atoms with Crippen LogP contribution in [0.2, 0.25) is 0 Å². The van der Waals surface area contributed by atoms with E-state index < -0.39 is 84.2 Å². The van der Waals surface area contributed by atoms with Gasteiger partial charge in [0.05, 0.1) is 68.2 Å². The Bertz CT molecular complexity index is 3940. The first-order valence-corrected chi connectivity index (χ1v) is 28.8. The van der Waals surface area contributed by atoms with Crippen molar-refractivity contribution in [2.45, 2.75) is 97.7 Å². The van der Waals surface area contributed by atoms with Gasteiger partial charge in [0.2, 0.25) is 0 Å². The number of rotatable bonds is 13. The Morgan fingerprint density at radius 3 is 1.58 bits per heavy atom. The summed E-state index contributed by atoms with van der Waals surface area (Å²) in [6, 6.07) is 20.2. The van der Waals surface area contributed by atoms with E-state index in [0.29, 0.717) is 38.1 Å². The van der Waals surface area contributed by atoms with Crippen LogP contribution in [0.15, 0.2) is 111 Å². The summed E-state index contributed by atoms with van der Waals surface area (Å²) in [5.74, 6) is -2.94. The summed E-state index contributed by atoms with van der Waals surface area (Å²) in [6.07, 6.45) is 2.73. The van der Waals surface area contributed by atoms with Gasteiger partial charge in [0, 0.05) is 58.0 Å². The van der Waals surface area contributed by atoms with E-state index in [1.165, 1.54) is 83.1 Å². The number of hydrogen-bond donors (Lipinski definition) is 3. The summed E-state index contributed by atoms with van der Waals surface area (Å²) in [5.41, 5.74) is 0.566. The van der Waals surface area contributed by atoms with Gasteiger partial charge < -0.3 is 49.2 Å². The molecule has 0 radical (unpaired) electrons. The first kappa shape index (κ1) is 52.4. The van der Waals surface area contributed by atoms with E-state index in [0.717, 1.165) is 5.56 Å². The van der Waals surface area contributed by atoms with E-state index in [2.05, 4.69) is 62.4 Å². The van der Waals surface area contributed by atoms with Gasteiger partial charge >= 0.3 is 12.2 Å². The molecule has 5 aromatic carbocycles. The van der Waals surface area contributed by atoms with E-state index >= 15 is 0 Å². The molecule has 0 aliphatic carbocycles. The third-order valence-corrected chi connectivity index (χ3v) is 14.4. The molecule has 0 unspecified atom stereocenters. The third kappa shape index (κ3) is 18.7. The van der Waals surface area contributed by atoms with Crippen LogP contribution in [0.25, 0.3) is 21.8 Å². The number of halogens is 4. The monoisotopic (exact) mass is 1320 g/mol. The van der Waals surface area contributed by atoms with Crippen molar-refractivity contribution in [2.75, 3.05) is 64.0 Å². The van der Waals surface area contributed by atoms with E-state index in [1.807, 2.05) is 6.92 Å². The lowest BCUT2D eigenvalue weighted by molar-refractivity contribution is 0.0156. The molecule has 9 rings (SSSR count). The number of benzene rings is 5. The van der Waals surface area contributed by atoms with Crippen LogP contribution in [0.5, 0.6) is 23.0 Å². The molecular formula is C60H72Br2F2N8O11S. The summed E-state index contributed by atoms with van der Waals surface area (Å²) in [4.78, 5) is 43.9. The minimum Gasteiger partial charge on any atom is -0.504 e. The number of piperidine rings is 2. The Morgan fingerprint density at radius 2 is 1.12 bits per heavy atom. The van der Waals surface area contributed by atoms with Crippen LogP contribution in [0, 0.1) is 30.4 Å². The number of nitrogens with one attached hydrogen (secondary N) is 2. The molecule has 0 bridgehead atoms. The molecule has 2 aliphatic rings. The molecule has 2 fully saturated rings. The fraction of sp³-hybridized carbons (Fsp3) is 0.400. The Labute approximate surface area is 520 Å². The predicted molar refractivity (Wildman–Crippen MR) is 326 cm³/mol. The Kier molecular flexibility index (Phi) is 18.2. The van der Waals surface area contributed by atoms with Gasteiger partial charge in [-0.2, -0.15) is 8.42 Å². The average Bonchev–Trinajstić information content (AvgIpc) is 0.792. The maximum atomic E-state index is 14.5. The zero-order valence-electron chi connectivity index (χ0n) is 56.2. The van der Waals surface area contributed by atoms with Gasteiger partial charge in [0.25, 0.3) is 10.1 Å². The molecule has 19 nitrogen and oxygen atoms in total. The molecule has 2 aliphatic heterocycles. The zero-order chi connectivity index (χ0) is 68.8. The maximum Gasteiger partial charge on any atom is 0.410 e. The van der Waals surface area contributed by atoms with Crippen LogP contribution in [0.1, 0.15) is 93.9 Å². The number of fused-ring (bicyclic) bond motifs is 2. The third-order valence-electron chi connectivity index (χ3n) is 12.3. The molecule has 2 amide bonds. The van der Waals surface area contributed by atoms with Crippen LogP contribution in [0.3, 0.4) is 0 Å². The number of hydrogen-bond acceptors (Lipinski definition) is 17. The quantitative estimate of drug-likeness (QED) is 0.0912. The Morgan fingerprint density at radius 1 is 0.667 bits per heavy atom. The molecule has 7 aromatic rings. The SMILES string of the molecule is C.[2H]C([2H])(OS(=O)(=O)c1ccc(C)cc1)C1CCN(C(=O)OC(C)(C)C)CC1.[2H]C([2H])([2H])Oc1cc2c(Nc3ccc(Br)cc3F)ncnc2cc1O.[2H]C([2H])([2H])Oc1cc2c(Nc3ccc(Br)cc3F)ncnc2cc1OC([2H])([2H])C1CCN(C(=O)OC(C)(C)C)CC1. The van der Waals surface area contributed by atoms with Gasteiger partial charge in [-0.1, -0.05) is 57.0 Å². The number of aryl methyl sites for hydroxylation is 1. The van der Waals surface area contributed by atoms with Gasteiger partial charge in [-0.05, 0) is 147 Å². The highest BCUT2D eigenvalue weighted by Crippen LogP contribution is 2.37. The molecule has 2 aromatic heterocycles. The van der Waals surface area contributed by atoms with Crippen molar-refractivity contribution < 1.29 is 73.5 Å². The van der Waals surface area contributed by atoms with Crippen molar-refractivity contribution in [3.63, 3.8) is 0 Å². The number of nitrogens with zero attached hydrogens (tertiary/aromatic N) is 6. The number of phenolic OH excluding ortho intramolecular Hbond substituents is 1. The molecule has 0 atom stereocenters. The molecule has 3 N–H and O–H groups in total. The van der Waals surface area contributed by atoms with Gasteiger partial charge in [-0.15, -0.1) is 0 Å². The lowest BCUT2D eigenvalue weighted by Crippen LogP contribution is -2.42. The number of aromatic hydroxyl groups is 1. The van der Waals surface area contributed by atoms with Crippen LogP contribution in [-0.2, 0) is 23.8 Å². The Hall–Kier alpha value is -7.15. The second-order valence-electron chi connectivity index (χ2n) is 21.0. The number of aromatic nitrogens is 4. The number of methoxy groups -OCH3 is 2. The lowest BCUT2D eigenvalue weighted by atomic mass is 9.98. The standard InChI is InChI=1S/C26H30BrFN4O4.C18H27NO5S.C15H11BrFN3O2.CH4/c1-26(2,3)36-25(33)32-9-7-16(8-10-32)14-35-23-13-21-18(12-22(23)34-4)24(30-15-29-21)31-20-6-5-17(27)11-19(20)28;1-14-5-7-16(8-6-14)25(21,22)23-13-15-9-11-19(12-10-15)17(20)24-18(2,3)4;1-22-14-5-9-12(6-13(14)21)18-7-19-15(9)20-11-3-2-8(16)4-10(11)17;/h5-6,11-13,15-16H,7-10,14H2,1-4H3,(H,29,30,31);5-8,15H,9-13H2,1-4H3;2-7,21H,1H3,(H,18,19,20);1H4/i4D3,14D2;13D2;1D3;. The Balaban J connectivity index is 0.000000232. The summed E-state index contributed by atoms with van der Waals surface area (Å²) >= 11 is 6.38. The summed E-state index contributed by atoms with van der Waals surface area (Å²) in [7, 11) is -9.82. The van der Waals surface area contributed by atoms with Crippen LogP contribution < -0.4 is 24.8 Å². The van der Waals surface area contributed by atoms with Crippen molar-refractivity contribution in [3.8, 4) is 23.0 Å². The topological polar surface area (TPSA) is 226 Å². The number of anilines is 4. The number of likely N-dealkylation sites (tertiary alicyclic amines) is 2. The number of ether oxygens (including phenoxy) is 5.